The van der Waals surface area contributed by atoms with Gasteiger partial charge in [0.05, 0.1) is 19.4 Å². The van der Waals surface area contributed by atoms with Crippen molar-refractivity contribution in [1.29, 1.82) is 0 Å². The molecule has 0 aromatic heterocycles. The van der Waals surface area contributed by atoms with Gasteiger partial charge < -0.3 is 10.1 Å². The summed E-state index contributed by atoms with van der Waals surface area (Å²) in [6.45, 7) is 3.30. The van der Waals surface area contributed by atoms with Crippen LogP contribution in [0.2, 0.25) is 0 Å². The van der Waals surface area contributed by atoms with Crippen molar-refractivity contribution < 1.29 is 14.3 Å². The highest BCUT2D eigenvalue weighted by atomic mass is 16.5. The Bertz CT molecular complexity index is 869. The molecule has 7 nitrogen and oxygen atoms in total. The van der Waals surface area contributed by atoms with E-state index in [0.717, 1.165) is 29.9 Å². The van der Waals surface area contributed by atoms with Gasteiger partial charge in [0.2, 0.25) is 5.91 Å². The van der Waals surface area contributed by atoms with Gasteiger partial charge in [-0.2, -0.15) is 5.01 Å². The van der Waals surface area contributed by atoms with Crippen molar-refractivity contribution in [2.45, 2.75) is 51.5 Å². The van der Waals surface area contributed by atoms with E-state index in [1.165, 1.54) is 32.1 Å². The van der Waals surface area contributed by atoms with Crippen molar-refractivity contribution in [2.75, 3.05) is 32.0 Å². The van der Waals surface area contributed by atoms with Gasteiger partial charge in [0, 0.05) is 31.9 Å². The Kier molecular flexibility index (Phi) is 5.13. The number of hydrogen-bond donors (Lipinski definition) is 1. The molecule has 160 valence electrons. The molecule has 4 aliphatic rings. The molecule has 0 bridgehead atoms. The Morgan fingerprint density at radius 2 is 1.93 bits per heavy atom. The zero-order valence-corrected chi connectivity index (χ0v) is 17.6. The lowest BCUT2D eigenvalue weighted by molar-refractivity contribution is -0.158. The summed E-state index contributed by atoms with van der Waals surface area (Å²) >= 11 is 0. The third kappa shape index (κ3) is 3.66. The predicted molar refractivity (Wildman–Crippen MR) is 113 cm³/mol. The maximum absolute atomic E-state index is 12.7. The SMILES string of the molecule is CN1C(N2CCC3(CCC3)CC2)C=CC(=O)N1CC(=O)Nc1ccc2c(c1)COC2. The van der Waals surface area contributed by atoms with Crippen molar-refractivity contribution in [2.24, 2.45) is 5.41 Å². The zero-order valence-electron chi connectivity index (χ0n) is 17.6. The van der Waals surface area contributed by atoms with E-state index in [0.29, 0.717) is 18.6 Å². The molecule has 0 radical (unpaired) electrons. The number of nitrogens with zero attached hydrogens (tertiary/aromatic N) is 3. The van der Waals surface area contributed by atoms with Crippen molar-refractivity contribution in [3.8, 4) is 0 Å². The molecule has 1 N–H and O–H groups in total. The monoisotopic (exact) mass is 410 g/mol. The summed E-state index contributed by atoms with van der Waals surface area (Å²) in [6.07, 6.45) is 10.2. The van der Waals surface area contributed by atoms with Gasteiger partial charge in [0.25, 0.3) is 5.91 Å². The predicted octanol–water partition coefficient (Wildman–Crippen LogP) is 2.49. The van der Waals surface area contributed by atoms with Crippen LogP contribution in [0.25, 0.3) is 0 Å². The number of benzene rings is 1. The minimum atomic E-state index is -0.199. The van der Waals surface area contributed by atoms with Crippen LogP contribution in [0.5, 0.6) is 0 Å². The van der Waals surface area contributed by atoms with Crippen molar-refractivity contribution >= 4 is 17.5 Å². The second-order valence-corrected chi connectivity index (χ2v) is 9.16. The Morgan fingerprint density at radius 3 is 2.67 bits per heavy atom. The quantitative estimate of drug-likeness (QED) is 0.826. The van der Waals surface area contributed by atoms with Crippen LogP contribution < -0.4 is 5.32 Å². The molecule has 5 rings (SSSR count). The summed E-state index contributed by atoms with van der Waals surface area (Å²) in [7, 11) is 1.90. The molecular formula is C23H30N4O3. The summed E-state index contributed by atoms with van der Waals surface area (Å²) in [5, 5.41) is 6.39. The Hall–Kier alpha value is -2.22. The van der Waals surface area contributed by atoms with Gasteiger partial charge in [-0.1, -0.05) is 12.5 Å². The van der Waals surface area contributed by atoms with Gasteiger partial charge in [-0.25, -0.2) is 0 Å². The average Bonchev–Trinajstić information content (AvgIpc) is 3.18. The first-order chi connectivity index (χ1) is 14.5. The van der Waals surface area contributed by atoms with E-state index in [-0.39, 0.29) is 24.5 Å². The van der Waals surface area contributed by atoms with Crippen molar-refractivity contribution in [3.63, 3.8) is 0 Å². The normalized spacial score (nSPS) is 26.0. The highest BCUT2D eigenvalue weighted by Crippen LogP contribution is 2.49. The molecule has 1 spiro atoms. The lowest BCUT2D eigenvalue weighted by Gasteiger charge is -2.51. The number of rotatable bonds is 4. The first kappa shape index (κ1) is 19.7. The fourth-order valence-corrected chi connectivity index (χ4v) is 5.25. The maximum atomic E-state index is 12.7. The molecule has 3 heterocycles. The molecule has 7 heteroatoms. The van der Waals surface area contributed by atoms with E-state index in [1.807, 2.05) is 36.3 Å². The zero-order chi connectivity index (χ0) is 20.7. The fraction of sp³-hybridized carbons (Fsp3) is 0.565. The van der Waals surface area contributed by atoms with Crippen LogP contribution in [0, 0.1) is 5.41 Å². The standard InChI is InChI=1S/C23H30N4O3/c1-25-21(26-11-9-23(10-12-26)7-2-8-23)5-6-22(29)27(25)14-20(28)24-19-4-3-17-15-30-16-18(17)13-19/h3-6,13,21H,2,7-12,14-16H2,1H3,(H,24,28). The van der Waals surface area contributed by atoms with E-state index >= 15 is 0 Å². The summed E-state index contributed by atoms with van der Waals surface area (Å²) in [5.41, 5.74) is 3.60. The number of piperidine rings is 1. The minimum absolute atomic E-state index is 0.00152. The highest BCUT2D eigenvalue weighted by Gasteiger charge is 2.42. The highest BCUT2D eigenvalue weighted by molar-refractivity contribution is 5.96. The molecule has 1 atom stereocenters. The number of likely N-dealkylation sites (N-methyl/N-ethyl adjacent to an activating group) is 1. The second-order valence-electron chi connectivity index (χ2n) is 9.16. The average molecular weight is 411 g/mol. The van der Waals surface area contributed by atoms with Crippen LogP contribution in [0.15, 0.2) is 30.4 Å². The number of carbonyl (C=O) groups excluding carboxylic acids is 2. The van der Waals surface area contributed by atoms with Gasteiger partial charge in [-0.3, -0.25) is 19.5 Å². The van der Waals surface area contributed by atoms with Crippen molar-refractivity contribution in [1.82, 2.24) is 14.9 Å². The largest absolute Gasteiger partial charge is 0.372 e. The van der Waals surface area contributed by atoms with Crippen LogP contribution in [-0.2, 0) is 27.5 Å². The van der Waals surface area contributed by atoms with Crippen LogP contribution in [0.4, 0.5) is 5.69 Å². The van der Waals surface area contributed by atoms with E-state index in [2.05, 4.69) is 10.2 Å². The Morgan fingerprint density at radius 1 is 1.17 bits per heavy atom. The molecule has 30 heavy (non-hydrogen) atoms. The molecule has 2 fully saturated rings. The second kappa shape index (κ2) is 7.80. The topological polar surface area (TPSA) is 65.1 Å². The van der Waals surface area contributed by atoms with Gasteiger partial charge in [0.15, 0.2) is 0 Å². The summed E-state index contributed by atoms with van der Waals surface area (Å²) in [4.78, 5) is 27.6. The molecule has 1 saturated carbocycles. The Labute approximate surface area is 177 Å². The first-order valence-electron chi connectivity index (χ1n) is 11.0. The van der Waals surface area contributed by atoms with E-state index in [9.17, 15) is 9.59 Å². The number of carbonyl (C=O) groups is 2. The molecule has 2 amide bonds. The number of hydrogen-bond acceptors (Lipinski definition) is 5. The van der Waals surface area contributed by atoms with E-state index in [4.69, 9.17) is 4.74 Å². The fourth-order valence-electron chi connectivity index (χ4n) is 5.25. The van der Waals surface area contributed by atoms with E-state index in [1.54, 1.807) is 11.1 Å². The third-order valence-electron chi connectivity index (χ3n) is 7.37. The molecule has 1 aromatic carbocycles. The molecular weight excluding hydrogens is 380 g/mol. The minimum Gasteiger partial charge on any atom is -0.372 e. The molecule has 1 aromatic rings. The smallest absolute Gasteiger partial charge is 0.261 e. The molecule has 1 unspecified atom stereocenters. The lowest BCUT2D eigenvalue weighted by Crippen LogP contribution is -2.60. The third-order valence-corrected chi connectivity index (χ3v) is 7.37. The molecule has 1 aliphatic carbocycles. The number of hydrazine groups is 1. The number of nitrogens with one attached hydrogen (secondary N) is 1. The van der Waals surface area contributed by atoms with Crippen molar-refractivity contribution in [3.05, 3.63) is 41.5 Å². The van der Waals surface area contributed by atoms with Gasteiger partial charge in [0.1, 0.15) is 6.54 Å². The summed E-state index contributed by atoms with van der Waals surface area (Å²) in [5.74, 6) is -0.353. The Balaban J connectivity index is 1.21. The number of fused-ring (bicyclic) bond motifs is 1. The van der Waals surface area contributed by atoms with Crippen LogP contribution in [0.3, 0.4) is 0 Å². The van der Waals surface area contributed by atoms with Crippen LogP contribution in [0.1, 0.15) is 43.2 Å². The summed E-state index contributed by atoms with van der Waals surface area (Å²) in [6, 6.07) is 5.83. The number of ether oxygens (including phenoxy) is 1. The van der Waals surface area contributed by atoms with Gasteiger partial charge in [-0.15, -0.1) is 0 Å². The van der Waals surface area contributed by atoms with Gasteiger partial charge >= 0.3 is 0 Å². The van der Waals surface area contributed by atoms with Crippen LogP contribution in [-0.4, -0.2) is 59.6 Å². The first-order valence-corrected chi connectivity index (χ1v) is 11.0. The molecule has 1 saturated heterocycles. The number of likely N-dealkylation sites (tertiary alicyclic amines) is 1. The molecule has 3 aliphatic heterocycles. The number of amides is 2. The van der Waals surface area contributed by atoms with Gasteiger partial charge in [-0.05, 0) is 60.4 Å². The lowest BCUT2D eigenvalue weighted by atomic mass is 9.63. The number of anilines is 1. The van der Waals surface area contributed by atoms with E-state index < -0.39 is 0 Å². The summed E-state index contributed by atoms with van der Waals surface area (Å²) < 4.78 is 5.43. The van der Waals surface area contributed by atoms with Crippen LogP contribution >= 0.6 is 0 Å². The maximum Gasteiger partial charge on any atom is 0.261 e.